The van der Waals surface area contributed by atoms with E-state index in [-0.39, 0.29) is 36.4 Å². The van der Waals surface area contributed by atoms with Crippen LogP contribution in [0, 0.1) is 23.7 Å². The monoisotopic (exact) mass is 582 g/mol. The third-order valence-electron chi connectivity index (χ3n) is 9.87. The highest BCUT2D eigenvalue weighted by Gasteiger charge is 2.60. The van der Waals surface area contributed by atoms with Gasteiger partial charge in [-0.05, 0) is 49.0 Å². The first-order chi connectivity index (χ1) is 19.9. The van der Waals surface area contributed by atoms with Gasteiger partial charge in [0.05, 0.1) is 24.9 Å². The van der Waals surface area contributed by atoms with Gasteiger partial charge < -0.3 is 29.2 Å². The fraction of sp³-hybridized carbons (Fsp3) is 0.647. The molecule has 1 unspecified atom stereocenters. The molecule has 11 atom stereocenters. The van der Waals surface area contributed by atoms with Gasteiger partial charge in [-0.25, -0.2) is 0 Å². The second kappa shape index (κ2) is 12.0. The van der Waals surface area contributed by atoms with Gasteiger partial charge in [0.1, 0.15) is 17.6 Å². The van der Waals surface area contributed by atoms with E-state index in [1.54, 1.807) is 19.1 Å². The molecule has 0 aromatic carbocycles. The Morgan fingerprint density at radius 1 is 1.10 bits per heavy atom. The Labute approximate surface area is 249 Å². The number of Topliss-reactive ketones (excluding diaryl/α,β-unsaturated/α-hetero) is 1. The van der Waals surface area contributed by atoms with Gasteiger partial charge >= 0.3 is 5.97 Å². The number of esters is 1. The van der Waals surface area contributed by atoms with Crippen molar-refractivity contribution in [2.24, 2.45) is 23.7 Å². The van der Waals surface area contributed by atoms with Crippen LogP contribution in [-0.2, 0) is 28.5 Å². The van der Waals surface area contributed by atoms with Crippen molar-refractivity contribution in [3.05, 3.63) is 59.3 Å². The van der Waals surface area contributed by atoms with E-state index in [0.29, 0.717) is 36.3 Å². The smallest absolute Gasteiger partial charge is 0.316 e. The molecular formula is C34H46O8. The second-order valence-electron chi connectivity index (χ2n) is 13.0. The van der Waals surface area contributed by atoms with E-state index in [4.69, 9.17) is 18.9 Å². The molecule has 230 valence electrons. The SMILES string of the molecule is CCC(C)[C@H]1O[C@@]2(C=C[C@@H]1C)C[C@@H]1C[C@@H](C/C=C(\C)[C@@H](O)[C@@H](C)/C=C/C=C3\CO[C@@H]4C(=O)C(C)=C[C@@H](C(=O)O1)[C@]34O)O2. The highest BCUT2D eigenvalue weighted by atomic mass is 16.7. The van der Waals surface area contributed by atoms with Crippen LogP contribution in [0.25, 0.3) is 0 Å². The number of carbonyl (C=O) groups is 2. The molecule has 4 heterocycles. The molecule has 42 heavy (non-hydrogen) atoms. The first kappa shape index (κ1) is 31.1. The summed E-state index contributed by atoms with van der Waals surface area (Å²) in [7, 11) is 0. The second-order valence-corrected chi connectivity index (χ2v) is 13.0. The molecule has 5 aliphatic rings. The highest BCUT2D eigenvalue weighted by molar-refractivity contribution is 6.03. The number of ether oxygens (including phenoxy) is 4. The lowest BCUT2D eigenvalue weighted by molar-refractivity contribution is -0.300. The van der Waals surface area contributed by atoms with Crippen LogP contribution >= 0.6 is 0 Å². The molecule has 1 aliphatic carbocycles. The lowest BCUT2D eigenvalue weighted by atomic mass is 9.71. The molecule has 2 bridgehead atoms. The van der Waals surface area contributed by atoms with Gasteiger partial charge in [-0.2, -0.15) is 0 Å². The lowest BCUT2D eigenvalue weighted by Crippen LogP contribution is -2.57. The number of rotatable bonds is 2. The number of aliphatic hydroxyl groups is 2. The molecule has 5 rings (SSSR count). The summed E-state index contributed by atoms with van der Waals surface area (Å²) in [6.07, 6.45) is 12.2. The van der Waals surface area contributed by atoms with Crippen molar-refractivity contribution >= 4 is 11.8 Å². The molecule has 0 amide bonds. The quantitative estimate of drug-likeness (QED) is 0.361. The fourth-order valence-electron chi connectivity index (χ4n) is 7.00. The zero-order valence-electron chi connectivity index (χ0n) is 25.6. The van der Waals surface area contributed by atoms with Crippen molar-refractivity contribution in [1.29, 1.82) is 0 Å². The average Bonchev–Trinajstić information content (AvgIpc) is 3.30. The zero-order valence-corrected chi connectivity index (χ0v) is 25.6. The van der Waals surface area contributed by atoms with Crippen molar-refractivity contribution in [1.82, 2.24) is 0 Å². The molecule has 0 aromatic rings. The normalized spacial score (nSPS) is 46.5. The van der Waals surface area contributed by atoms with Gasteiger partial charge in [-0.1, -0.05) is 70.6 Å². The van der Waals surface area contributed by atoms with E-state index in [0.717, 1.165) is 12.0 Å². The largest absolute Gasteiger partial charge is 0.462 e. The number of carbonyl (C=O) groups excluding carboxylic acids is 2. The summed E-state index contributed by atoms with van der Waals surface area (Å²) < 4.78 is 25.3. The first-order valence-corrected chi connectivity index (χ1v) is 15.4. The molecule has 4 aliphatic heterocycles. The summed E-state index contributed by atoms with van der Waals surface area (Å²) in [6, 6.07) is 0. The maximum Gasteiger partial charge on any atom is 0.316 e. The summed E-state index contributed by atoms with van der Waals surface area (Å²) in [5.74, 6) is -2.84. The lowest BCUT2D eigenvalue weighted by Gasteiger charge is -2.48. The molecule has 1 spiro atoms. The number of hydrogen-bond donors (Lipinski definition) is 2. The number of ketones is 1. The molecule has 2 fully saturated rings. The summed E-state index contributed by atoms with van der Waals surface area (Å²) in [4.78, 5) is 26.9. The van der Waals surface area contributed by atoms with Crippen LogP contribution in [-0.4, -0.2) is 70.5 Å². The fourth-order valence-corrected chi connectivity index (χ4v) is 7.00. The Bertz CT molecular complexity index is 1230. The number of allylic oxidation sites excluding steroid dienone is 2. The van der Waals surface area contributed by atoms with Crippen molar-refractivity contribution < 1.29 is 38.7 Å². The molecule has 0 saturated carbocycles. The summed E-state index contributed by atoms with van der Waals surface area (Å²) >= 11 is 0. The predicted molar refractivity (Wildman–Crippen MR) is 157 cm³/mol. The van der Waals surface area contributed by atoms with Gasteiger partial charge in [0.25, 0.3) is 0 Å². The number of hydrogen-bond acceptors (Lipinski definition) is 8. The number of aliphatic hydroxyl groups excluding tert-OH is 1. The molecule has 0 aromatic heterocycles. The summed E-state index contributed by atoms with van der Waals surface area (Å²) in [5.41, 5.74) is -0.265. The van der Waals surface area contributed by atoms with Crippen LogP contribution in [0.2, 0.25) is 0 Å². The molecule has 0 radical (unpaired) electrons. The van der Waals surface area contributed by atoms with E-state index in [1.807, 2.05) is 32.1 Å². The standard InChI is InChI=1S/C34H46O8/c1-7-19(2)30-22(5)13-14-33(42-30)17-26-16-25(41-33)12-11-21(4)28(35)20(3)9-8-10-24-18-39-31-29(36)23(6)15-27(32(37)40-26)34(24,31)38/h8-11,13-15,19-20,22,25-28,30-31,35,38H,7,12,16-18H2,1-6H3/b9-8+,21-11+,24-10+/t19?,20-,22-,25+,26-,27-,28-,30+,31+,33-,34+/m0/s1. The van der Waals surface area contributed by atoms with E-state index in [9.17, 15) is 19.8 Å². The van der Waals surface area contributed by atoms with Crippen LogP contribution in [0.3, 0.4) is 0 Å². The predicted octanol–water partition coefficient (Wildman–Crippen LogP) is 4.52. The molecule has 8 heteroatoms. The maximum atomic E-state index is 13.9. The van der Waals surface area contributed by atoms with Crippen molar-refractivity contribution in [3.8, 4) is 0 Å². The molecular weight excluding hydrogens is 536 g/mol. The minimum absolute atomic E-state index is 0.00822. The Balaban J connectivity index is 1.55. The minimum Gasteiger partial charge on any atom is -0.462 e. The van der Waals surface area contributed by atoms with Crippen LogP contribution < -0.4 is 0 Å². The van der Waals surface area contributed by atoms with E-state index >= 15 is 0 Å². The average molecular weight is 583 g/mol. The Hall–Kier alpha value is -2.36. The van der Waals surface area contributed by atoms with Gasteiger partial charge in [-0.3, -0.25) is 9.59 Å². The summed E-state index contributed by atoms with van der Waals surface area (Å²) in [5, 5.41) is 23.1. The van der Waals surface area contributed by atoms with Gasteiger partial charge in [0, 0.05) is 24.7 Å². The van der Waals surface area contributed by atoms with Crippen LogP contribution in [0.4, 0.5) is 0 Å². The van der Waals surface area contributed by atoms with Gasteiger partial charge in [-0.15, -0.1) is 0 Å². The third kappa shape index (κ3) is 5.64. The van der Waals surface area contributed by atoms with Crippen LogP contribution in [0.5, 0.6) is 0 Å². The van der Waals surface area contributed by atoms with Crippen molar-refractivity contribution in [3.63, 3.8) is 0 Å². The molecule has 2 N–H and O–H groups in total. The molecule has 2 saturated heterocycles. The number of fused-ring (bicyclic) bond motifs is 2. The third-order valence-corrected chi connectivity index (χ3v) is 9.87. The van der Waals surface area contributed by atoms with E-state index < -0.39 is 41.6 Å². The highest BCUT2D eigenvalue weighted by Crippen LogP contribution is 2.45. The van der Waals surface area contributed by atoms with Crippen LogP contribution in [0.15, 0.2) is 59.3 Å². The first-order valence-electron chi connectivity index (χ1n) is 15.4. The van der Waals surface area contributed by atoms with Crippen LogP contribution in [0.1, 0.15) is 67.2 Å². The van der Waals surface area contributed by atoms with E-state index in [2.05, 4.69) is 26.8 Å². The van der Waals surface area contributed by atoms with E-state index in [1.165, 1.54) is 6.08 Å². The Kier molecular flexibility index (Phi) is 8.85. The maximum absolute atomic E-state index is 13.9. The minimum atomic E-state index is -1.87. The van der Waals surface area contributed by atoms with Crippen molar-refractivity contribution in [2.45, 2.75) is 109 Å². The zero-order chi connectivity index (χ0) is 30.4. The Morgan fingerprint density at radius 2 is 1.86 bits per heavy atom. The Morgan fingerprint density at radius 3 is 2.60 bits per heavy atom. The van der Waals surface area contributed by atoms with Crippen molar-refractivity contribution in [2.75, 3.05) is 6.61 Å². The van der Waals surface area contributed by atoms with Gasteiger partial charge in [0.2, 0.25) is 0 Å². The summed E-state index contributed by atoms with van der Waals surface area (Å²) in [6.45, 7) is 11.9. The topological polar surface area (TPSA) is 112 Å². The molecule has 8 nitrogen and oxygen atoms in total. The van der Waals surface area contributed by atoms with Gasteiger partial charge in [0.15, 0.2) is 17.7 Å².